The highest BCUT2D eigenvalue weighted by molar-refractivity contribution is 7.17. The quantitative estimate of drug-likeness (QED) is 0.855. The van der Waals surface area contributed by atoms with Gasteiger partial charge in [-0.05, 0) is 41.1 Å². The summed E-state index contributed by atoms with van der Waals surface area (Å²) in [4.78, 5) is 0. The molecule has 84 valence electrons. The molecule has 0 aliphatic heterocycles. The molecule has 0 bridgehead atoms. The molecule has 0 saturated heterocycles. The Morgan fingerprint density at radius 2 is 2.31 bits per heavy atom. The number of likely N-dealkylation sites (N-methyl/N-ethyl adjacent to an activating group) is 1. The van der Waals surface area contributed by atoms with Crippen molar-refractivity contribution < 1.29 is 4.39 Å². The second kappa shape index (κ2) is 4.76. The summed E-state index contributed by atoms with van der Waals surface area (Å²) in [5, 5.41) is 6.20. The lowest BCUT2D eigenvalue weighted by atomic mass is 10.0. The zero-order valence-electron chi connectivity index (χ0n) is 9.16. The number of alkyl halides is 1. The highest BCUT2D eigenvalue weighted by Gasteiger charge is 2.12. The van der Waals surface area contributed by atoms with Crippen LogP contribution in [-0.2, 0) is 0 Å². The molecule has 1 nitrogen and oxygen atoms in total. The van der Waals surface area contributed by atoms with Crippen LogP contribution in [-0.4, -0.2) is 19.8 Å². The van der Waals surface area contributed by atoms with Crippen LogP contribution in [0, 0.1) is 0 Å². The van der Waals surface area contributed by atoms with Gasteiger partial charge in [-0.1, -0.05) is 18.7 Å². The van der Waals surface area contributed by atoms with E-state index in [4.69, 9.17) is 0 Å². The summed E-state index contributed by atoms with van der Waals surface area (Å²) in [5.41, 5.74) is 1.81. The number of rotatable bonds is 4. The monoisotopic (exact) mass is 235 g/mol. The molecule has 1 unspecified atom stereocenters. The first-order chi connectivity index (χ1) is 7.76. The van der Waals surface area contributed by atoms with Gasteiger partial charge in [-0.2, -0.15) is 0 Å². The maximum Gasteiger partial charge on any atom is 0.109 e. The molecule has 0 fully saturated rings. The van der Waals surface area contributed by atoms with Crippen molar-refractivity contribution in [3.05, 3.63) is 41.8 Å². The predicted octanol–water partition coefficient (Wildman–Crippen LogP) is 3.47. The minimum absolute atomic E-state index is 0.294. The molecule has 0 spiro atoms. The fourth-order valence-corrected chi connectivity index (χ4v) is 2.53. The molecule has 0 aliphatic carbocycles. The lowest BCUT2D eigenvalue weighted by Crippen LogP contribution is -2.28. The van der Waals surface area contributed by atoms with Crippen LogP contribution in [0.4, 0.5) is 4.39 Å². The number of thiophene rings is 1. The molecule has 0 aliphatic rings. The Bertz CT molecular complexity index is 499. The Labute approximate surface area is 98.6 Å². The standard InChI is InChI=1S/C13H14FNS/c1-9(12(8-14)15-2)11-4-3-10-5-6-16-13(10)7-11/h3-7,12,15H,1,8H2,2H3. The van der Waals surface area contributed by atoms with Gasteiger partial charge in [0.05, 0.1) is 6.04 Å². The lowest BCUT2D eigenvalue weighted by Gasteiger charge is -2.15. The molecule has 0 saturated carbocycles. The molecule has 1 N–H and O–H groups in total. The minimum atomic E-state index is -0.433. The van der Waals surface area contributed by atoms with Crippen LogP contribution in [0.2, 0.25) is 0 Å². The van der Waals surface area contributed by atoms with Crippen LogP contribution >= 0.6 is 11.3 Å². The molecule has 1 aromatic carbocycles. The number of fused-ring (bicyclic) bond motifs is 1. The molecule has 1 atom stereocenters. The van der Waals surface area contributed by atoms with Crippen LogP contribution in [0.15, 0.2) is 36.2 Å². The summed E-state index contributed by atoms with van der Waals surface area (Å²) in [6.07, 6.45) is 0. The number of hydrogen-bond donors (Lipinski definition) is 1. The minimum Gasteiger partial charge on any atom is -0.311 e. The third-order valence-electron chi connectivity index (χ3n) is 2.75. The van der Waals surface area contributed by atoms with Crippen molar-refractivity contribution in [1.29, 1.82) is 0 Å². The van der Waals surface area contributed by atoms with Gasteiger partial charge < -0.3 is 5.32 Å². The van der Waals surface area contributed by atoms with E-state index in [1.807, 2.05) is 6.07 Å². The Balaban J connectivity index is 2.35. The Hall–Kier alpha value is -1.19. The first kappa shape index (κ1) is 11.3. The van der Waals surface area contributed by atoms with Crippen LogP contribution in [0.5, 0.6) is 0 Å². The van der Waals surface area contributed by atoms with Crippen molar-refractivity contribution in [2.24, 2.45) is 0 Å². The second-order valence-corrected chi connectivity index (χ2v) is 4.64. The van der Waals surface area contributed by atoms with Gasteiger partial charge in [0, 0.05) is 4.70 Å². The van der Waals surface area contributed by atoms with Gasteiger partial charge in [0.2, 0.25) is 0 Å². The van der Waals surface area contributed by atoms with E-state index in [1.165, 1.54) is 10.1 Å². The summed E-state index contributed by atoms with van der Waals surface area (Å²) in [6.45, 7) is 3.53. The first-order valence-corrected chi connectivity index (χ1v) is 6.04. The Kier molecular flexibility index (Phi) is 3.36. The molecule has 0 amide bonds. The Morgan fingerprint density at radius 1 is 1.50 bits per heavy atom. The average Bonchev–Trinajstić information content (AvgIpc) is 2.77. The van der Waals surface area contributed by atoms with E-state index >= 15 is 0 Å². The van der Waals surface area contributed by atoms with Crippen LogP contribution in [0.25, 0.3) is 15.7 Å². The number of benzene rings is 1. The summed E-state index contributed by atoms with van der Waals surface area (Å²) in [7, 11) is 1.75. The van der Waals surface area contributed by atoms with Crippen LogP contribution in [0.3, 0.4) is 0 Å². The number of hydrogen-bond acceptors (Lipinski definition) is 2. The molecule has 16 heavy (non-hydrogen) atoms. The third-order valence-corrected chi connectivity index (χ3v) is 3.63. The van der Waals surface area contributed by atoms with Crippen molar-refractivity contribution in [1.82, 2.24) is 5.32 Å². The molecule has 2 aromatic rings. The lowest BCUT2D eigenvalue weighted by molar-refractivity contribution is 0.440. The summed E-state index contributed by atoms with van der Waals surface area (Å²) >= 11 is 1.69. The van der Waals surface area contributed by atoms with Gasteiger partial charge >= 0.3 is 0 Å². The maximum atomic E-state index is 12.7. The highest BCUT2D eigenvalue weighted by atomic mass is 32.1. The first-order valence-electron chi connectivity index (χ1n) is 5.16. The molecule has 0 radical (unpaired) electrons. The second-order valence-electron chi connectivity index (χ2n) is 3.69. The van der Waals surface area contributed by atoms with E-state index in [0.29, 0.717) is 0 Å². The fraction of sp³-hybridized carbons (Fsp3) is 0.231. The van der Waals surface area contributed by atoms with Crippen molar-refractivity contribution in [3.8, 4) is 0 Å². The van der Waals surface area contributed by atoms with Gasteiger partial charge in [0.25, 0.3) is 0 Å². The topological polar surface area (TPSA) is 12.0 Å². The van der Waals surface area contributed by atoms with Gasteiger partial charge in [0.15, 0.2) is 0 Å². The summed E-state index contributed by atoms with van der Waals surface area (Å²) in [6, 6.07) is 7.91. The number of nitrogens with one attached hydrogen (secondary N) is 1. The van der Waals surface area contributed by atoms with E-state index in [-0.39, 0.29) is 6.04 Å². The molecule has 2 rings (SSSR count). The van der Waals surface area contributed by atoms with Crippen molar-refractivity contribution in [2.75, 3.05) is 13.7 Å². The highest BCUT2D eigenvalue weighted by Crippen LogP contribution is 2.26. The van der Waals surface area contributed by atoms with Crippen molar-refractivity contribution in [2.45, 2.75) is 6.04 Å². The number of halogens is 1. The van der Waals surface area contributed by atoms with Gasteiger partial charge in [-0.25, -0.2) is 4.39 Å². The van der Waals surface area contributed by atoms with Gasteiger partial charge in [-0.15, -0.1) is 11.3 Å². The van der Waals surface area contributed by atoms with Crippen LogP contribution in [0.1, 0.15) is 5.56 Å². The zero-order valence-corrected chi connectivity index (χ0v) is 9.98. The van der Waals surface area contributed by atoms with E-state index in [9.17, 15) is 4.39 Å². The van der Waals surface area contributed by atoms with E-state index < -0.39 is 6.67 Å². The largest absolute Gasteiger partial charge is 0.311 e. The SMILES string of the molecule is C=C(c1ccc2ccsc2c1)C(CF)NC. The summed E-state index contributed by atoms with van der Waals surface area (Å²) in [5.74, 6) is 0. The van der Waals surface area contributed by atoms with E-state index in [2.05, 4.69) is 35.5 Å². The van der Waals surface area contributed by atoms with Crippen molar-refractivity contribution in [3.63, 3.8) is 0 Å². The molecular weight excluding hydrogens is 221 g/mol. The fourth-order valence-electron chi connectivity index (χ4n) is 1.70. The molecule has 3 heteroatoms. The molecule has 1 heterocycles. The molecule has 1 aromatic heterocycles. The third kappa shape index (κ3) is 2.01. The smallest absolute Gasteiger partial charge is 0.109 e. The Morgan fingerprint density at radius 3 is 3.00 bits per heavy atom. The van der Waals surface area contributed by atoms with Crippen LogP contribution < -0.4 is 5.32 Å². The van der Waals surface area contributed by atoms with Gasteiger partial charge in [-0.3, -0.25) is 0 Å². The average molecular weight is 235 g/mol. The van der Waals surface area contributed by atoms with Gasteiger partial charge in [0.1, 0.15) is 6.67 Å². The zero-order chi connectivity index (χ0) is 11.5. The van der Waals surface area contributed by atoms with E-state index in [1.54, 1.807) is 18.4 Å². The van der Waals surface area contributed by atoms with E-state index in [0.717, 1.165) is 11.1 Å². The predicted molar refractivity (Wildman–Crippen MR) is 69.7 cm³/mol. The molecular formula is C13H14FNS. The maximum absolute atomic E-state index is 12.7. The normalized spacial score (nSPS) is 12.9. The van der Waals surface area contributed by atoms with Crippen molar-refractivity contribution >= 4 is 27.0 Å². The summed E-state index contributed by atoms with van der Waals surface area (Å²) < 4.78 is 13.9.